The number of alkyl halides is 1. The van der Waals surface area contributed by atoms with E-state index >= 15 is 0 Å². The van der Waals surface area contributed by atoms with Gasteiger partial charge in [-0.1, -0.05) is 64.5 Å². The van der Waals surface area contributed by atoms with E-state index in [1.54, 1.807) is 48.5 Å². The molecule has 19 heavy (non-hydrogen) atoms. The number of benzene rings is 2. The molecule has 0 saturated heterocycles. The second kappa shape index (κ2) is 5.67. The largest absolute Gasteiger partial charge is 0.292 e. The number of sulfone groups is 1. The molecule has 0 heterocycles. The van der Waals surface area contributed by atoms with Gasteiger partial charge in [0.15, 0.2) is 19.8 Å². The minimum Gasteiger partial charge on any atom is -0.292 e. The standard InChI is InChI=1S/C14H11BrO3S/c15-14(13(16)11-7-3-1-4-8-11)19(17,18)12-9-5-2-6-10-12/h1-10,14H. The maximum absolute atomic E-state index is 12.3. The first kappa shape index (κ1) is 14.0. The van der Waals surface area contributed by atoms with Crippen LogP contribution in [0.3, 0.4) is 0 Å². The fourth-order valence-electron chi connectivity index (χ4n) is 1.60. The summed E-state index contributed by atoms with van der Waals surface area (Å²) in [5, 5.41) is 0. The molecule has 0 fully saturated rings. The molecule has 2 aromatic rings. The number of rotatable bonds is 4. The molecule has 0 aliphatic heterocycles. The third-order valence-electron chi connectivity index (χ3n) is 2.61. The van der Waals surface area contributed by atoms with Crippen LogP contribution >= 0.6 is 15.9 Å². The second-order valence-electron chi connectivity index (χ2n) is 3.90. The zero-order valence-electron chi connectivity index (χ0n) is 9.86. The Bertz CT molecular complexity index is 666. The fourth-order valence-corrected chi connectivity index (χ4v) is 3.71. The highest BCUT2D eigenvalue weighted by Crippen LogP contribution is 2.23. The molecule has 0 spiro atoms. The zero-order valence-corrected chi connectivity index (χ0v) is 12.3. The van der Waals surface area contributed by atoms with Crippen molar-refractivity contribution in [1.82, 2.24) is 0 Å². The summed E-state index contributed by atoms with van der Waals surface area (Å²) in [5.41, 5.74) is 0.365. The average Bonchev–Trinajstić information content (AvgIpc) is 2.47. The van der Waals surface area contributed by atoms with Crippen LogP contribution in [0.15, 0.2) is 65.6 Å². The van der Waals surface area contributed by atoms with Crippen molar-refractivity contribution in [3.05, 3.63) is 66.2 Å². The Morgan fingerprint density at radius 1 is 0.895 bits per heavy atom. The summed E-state index contributed by atoms with van der Waals surface area (Å²) in [6.07, 6.45) is 0. The van der Waals surface area contributed by atoms with Gasteiger partial charge in [0, 0.05) is 5.56 Å². The summed E-state index contributed by atoms with van der Waals surface area (Å²) >= 11 is 3.00. The highest BCUT2D eigenvalue weighted by molar-refractivity contribution is 9.11. The predicted octanol–water partition coefficient (Wildman–Crippen LogP) is 3.06. The van der Waals surface area contributed by atoms with E-state index in [2.05, 4.69) is 15.9 Å². The van der Waals surface area contributed by atoms with Crippen LogP contribution in [-0.4, -0.2) is 18.4 Å². The summed E-state index contributed by atoms with van der Waals surface area (Å²) in [6, 6.07) is 16.3. The summed E-state index contributed by atoms with van der Waals surface area (Å²) in [5.74, 6) is -0.468. The third-order valence-corrected chi connectivity index (χ3v) is 6.19. The zero-order chi connectivity index (χ0) is 13.9. The number of Topliss-reactive ketones (excluding diaryl/α,β-unsaturated/α-hetero) is 1. The Morgan fingerprint density at radius 2 is 1.37 bits per heavy atom. The van der Waals surface area contributed by atoms with Gasteiger partial charge in [0.1, 0.15) is 0 Å². The molecule has 98 valence electrons. The van der Waals surface area contributed by atoms with Crippen LogP contribution in [0.5, 0.6) is 0 Å². The van der Waals surface area contributed by atoms with Crippen LogP contribution in [0, 0.1) is 0 Å². The Hall–Kier alpha value is -1.46. The molecule has 0 bridgehead atoms. The highest BCUT2D eigenvalue weighted by atomic mass is 79.9. The van der Waals surface area contributed by atoms with Gasteiger partial charge in [-0.05, 0) is 12.1 Å². The van der Waals surface area contributed by atoms with Gasteiger partial charge in [-0.15, -0.1) is 0 Å². The smallest absolute Gasteiger partial charge is 0.198 e. The lowest BCUT2D eigenvalue weighted by molar-refractivity contribution is 0.101. The normalized spacial score (nSPS) is 12.9. The topological polar surface area (TPSA) is 51.2 Å². The minimum absolute atomic E-state index is 0.126. The monoisotopic (exact) mass is 338 g/mol. The van der Waals surface area contributed by atoms with Crippen molar-refractivity contribution in [2.45, 2.75) is 9.05 Å². The van der Waals surface area contributed by atoms with E-state index in [1.807, 2.05) is 0 Å². The van der Waals surface area contributed by atoms with Crippen molar-refractivity contribution in [2.24, 2.45) is 0 Å². The van der Waals surface area contributed by atoms with E-state index in [4.69, 9.17) is 0 Å². The van der Waals surface area contributed by atoms with Crippen LogP contribution in [-0.2, 0) is 9.84 Å². The summed E-state index contributed by atoms with van der Waals surface area (Å²) < 4.78 is 23.3. The van der Waals surface area contributed by atoms with Crippen LogP contribution in [0.4, 0.5) is 0 Å². The maximum atomic E-state index is 12.3. The minimum atomic E-state index is -3.72. The quantitative estimate of drug-likeness (QED) is 0.635. The van der Waals surface area contributed by atoms with Crippen LogP contribution in [0.1, 0.15) is 10.4 Å². The van der Waals surface area contributed by atoms with E-state index in [1.165, 1.54) is 12.1 Å². The molecule has 0 aromatic heterocycles. The number of carbonyl (C=O) groups is 1. The van der Waals surface area contributed by atoms with E-state index in [0.29, 0.717) is 5.56 Å². The Labute approximate surface area is 120 Å². The molecular formula is C14H11BrO3S. The number of hydrogen-bond donors (Lipinski definition) is 0. The molecule has 0 aliphatic rings. The van der Waals surface area contributed by atoms with Gasteiger partial charge >= 0.3 is 0 Å². The molecule has 5 heteroatoms. The highest BCUT2D eigenvalue weighted by Gasteiger charge is 2.31. The lowest BCUT2D eigenvalue weighted by Gasteiger charge is -2.10. The van der Waals surface area contributed by atoms with Crippen molar-refractivity contribution in [3.63, 3.8) is 0 Å². The average molecular weight is 339 g/mol. The molecule has 3 nitrogen and oxygen atoms in total. The Kier molecular flexibility index (Phi) is 4.17. The molecule has 2 aromatic carbocycles. The van der Waals surface area contributed by atoms with Crippen molar-refractivity contribution < 1.29 is 13.2 Å². The van der Waals surface area contributed by atoms with Crippen LogP contribution < -0.4 is 0 Å². The predicted molar refractivity (Wildman–Crippen MR) is 77.1 cm³/mol. The van der Waals surface area contributed by atoms with E-state index < -0.39 is 19.8 Å². The first-order chi connectivity index (χ1) is 9.03. The molecule has 2 rings (SSSR count). The third kappa shape index (κ3) is 2.93. The lowest BCUT2D eigenvalue weighted by atomic mass is 10.2. The van der Waals surface area contributed by atoms with Gasteiger partial charge < -0.3 is 0 Å². The van der Waals surface area contributed by atoms with Crippen molar-refractivity contribution in [2.75, 3.05) is 0 Å². The van der Waals surface area contributed by atoms with Crippen LogP contribution in [0.2, 0.25) is 0 Å². The van der Waals surface area contributed by atoms with Gasteiger partial charge in [0.05, 0.1) is 4.90 Å². The van der Waals surface area contributed by atoms with Crippen LogP contribution in [0.25, 0.3) is 0 Å². The lowest BCUT2D eigenvalue weighted by Crippen LogP contribution is -2.24. The molecule has 0 aliphatic carbocycles. The number of hydrogen-bond acceptors (Lipinski definition) is 3. The molecule has 1 atom stereocenters. The van der Waals surface area contributed by atoms with E-state index in [9.17, 15) is 13.2 Å². The summed E-state index contributed by atoms with van der Waals surface area (Å²) in [7, 11) is -3.72. The molecular weight excluding hydrogens is 328 g/mol. The van der Waals surface area contributed by atoms with E-state index in [0.717, 1.165) is 0 Å². The first-order valence-corrected chi connectivity index (χ1v) is 8.02. The molecule has 0 amide bonds. The van der Waals surface area contributed by atoms with Crippen molar-refractivity contribution >= 4 is 31.6 Å². The van der Waals surface area contributed by atoms with Gasteiger partial charge in [-0.2, -0.15) is 0 Å². The SMILES string of the molecule is O=C(c1ccccc1)C(Br)S(=O)(=O)c1ccccc1. The maximum Gasteiger partial charge on any atom is 0.198 e. The molecule has 1 unspecified atom stereocenters. The summed E-state index contributed by atoms with van der Waals surface area (Å²) in [4.78, 5) is 12.3. The van der Waals surface area contributed by atoms with Gasteiger partial charge in [-0.3, -0.25) is 4.79 Å². The fraction of sp³-hybridized carbons (Fsp3) is 0.0714. The first-order valence-electron chi connectivity index (χ1n) is 5.56. The molecule has 0 saturated carbocycles. The Morgan fingerprint density at radius 3 is 1.89 bits per heavy atom. The molecule has 0 N–H and O–H groups in total. The van der Waals surface area contributed by atoms with Crippen molar-refractivity contribution in [1.29, 1.82) is 0 Å². The van der Waals surface area contributed by atoms with Gasteiger partial charge in [-0.25, -0.2) is 8.42 Å². The van der Waals surface area contributed by atoms with Gasteiger partial charge in [0.2, 0.25) is 0 Å². The van der Waals surface area contributed by atoms with E-state index in [-0.39, 0.29) is 4.90 Å². The molecule has 0 radical (unpaired) electrons. The summed E-state index contributed by atoms with van der Waals surface area (Å²) in [6.45, 7) is 0. The number of ketones is 1. The Balaban J connectivity index is 2.35. The van der Waals surface area contributed by atoms with Gasteiger partial charge in [0.25, 0.3) is 0 Å². The van der Waals surface area contributed by atoms with Crippen molar-refractivity contribution in [3.8, 4) is 0 Å². The second-order valence-corrected chi connectivity index (χ2v) is 7.46. The number of carbonyl (C=O) groups excluding carboxylic acids is 1. The number of halogens is 1.